The summed E-state index contributed by atoms with van der Waals surface area (Å²) in [7, 11) is 1.95. The maximum atomic E-state index is 12.7. The topological polar surface area (TPSA) is 16.1 Å². The van der Waals surface area contributed by atoms with Crippen molar-refractivity contribution in [2.45, 2.75) is 0 Å². The van der Waals surface area contributed by atoms with Gasteiger partial charge in [0.05, 0.1) is 0 Å². The van der Waals surface area contributed by atoms with Crippen LogP contribution in [0.5, 0.6) is 0 Å². The van der Waals surface area contributed by atoms with Gasteiger partial charge in [0.1, 0.15) is 0 Å². The molecule has 0 spiro atoms. The first-order valence-electron chi connectivity index (χ1n) is 4.05. The Morgan fingerprint density at radius 2 is 2.38 bits per heavy atom. The molecule has 0 amide bonds. The molecule has 0 aliphatic rings. The van der Waals surface area contributed by atoms with E-state index in [4.69, 9.17) is 0 Å². The van der Waals surface area contributed by atoms with Crippen LogP contribution in [0.1, 0.15) is 0 Å². The average molecular weight is 200 g/mol. The first-order chi connectivity index (χ1) is 6.24. The summed E-state index contributed by atoms with van der Waals surface area (Å²) in [5.41, 5.74) is 0.876. The number of thioether (sulfide) groups is 1. The molecule has 0 saturated carbocycles. The number of anilines is 1. The van der Waals surface area contributed by atoms with Crippen molar-refractivity contribution >= 4 is 17.4 Å². The molecule has 0 saturated heterocycles. The van der Waals surface area contributed by atoms with Crippen molar-refractivity contribution in [2.75, 3.05) is 30.5 Å². The first-order valence-corrected chi connectivity index (χ1v) is 5.45. The molecular formula is C9H13FN2S. The molecule has 0 atom stereocenters. The maximum Gasteiger partial charge on any atom is 0.214 e. The van der Waals surface area contributed by atoms with Crippen LogP contribution in [0.2, 0.25) is 0 Å². The molecule has 0 fully saturated rings. The predicted molar refractivity (Wildman–Crippen MR) is 55.8 cm³/mol. The van der Waals surface area contributed by atoms with E-state index in [1.807, 2.05) is 18.0 Å². The molecule has 1 aromatic heterocycles. The lowest BCUT2D eigenvalue weighted by Gasteiger charge is -2.18. The van der Waals surface area contributed by atoms with Crippen LogP contribution in [0, 0.1) is 5.95 Å². The Morgan fingerprint density at radius 3 is 3.00 bits per heavy atom. The van der Waals surface area contributed by atoms with Crippen molar-refractivity contribution < 1.29 is 4.39 Å². The van der Waals surface area contributed by atoms with Crippen LogP contribution < -0.4 is 4.90 Å². The maximum absolute atomic E-state index is 12.7. The number of rotatable bonds is 4. The molecular weight excluding hydrogens is 187 g/mol. The highest BCUT2D eigenvalue weighted by Gasteiger charge is 2.01. The third-order valence-corrected chi connectivity index (χ3v) is 2.37. The molecule has 0 aliphatic heterocycles. The fourth-order valence-electron chi connectivity index (χ4n) is 0.987. The van der Waals surface area contributed by atoms with E-state index >= 15 is 0 Å². The standard InChI is InChI=1S/C9H13FN2S/c1-12(5-6-13-2)8-3-4-11-9(10)7-8/h3-4,7H,5-6H2,1-2H3. The third kappa shape index (κ3) is 3.22. The zero-order chi connectivity index (χ0) is 9.68. The minimum absolute atomic E-state index is 0.423. The lowest BCUT2D eigenvalue weighted by molar-refractivity contribution is 0.583. The second kappa shape index (κ2) is 5.07. The molecule has 1 rings (SSSR count). The molecule has 0 N–H and O–H groups in total. The summed E-state index contributed by atoms with van der Waals surface area (Å²) in [4.78, 5) is 5.52. The Bertz CT molecular complexity index is 268. The summed E-state index contributed by atoms with van der Waals surface area (Å²) in [5.74, 6) is 0.619. The molecule has 0 radical (unpaired) electrons. The van der Waals surface area contributed by atoms with Crippen LogP contribution in [0.25, 0.3) is 0 Å². The van der Waals surface area contributed by atoms with Gasteiger partial charge in [-0.3, -0.25) is 0 Å². The normalized spacial score (nSPS) is 10.1. The van der Waals surface area contributed by atoms with E-state index in [0.29, 0.717) is 0 Å². The Balaban J connectivity index is 2.60. The van der Waals surface area contributed by atoms with Crippen molar-refractivity contribution in [3.05, 3.63) is 24.3 Å². The Kier molecular flexibility index (Phi) is 4.02. The number of hydrogen-bond acceptors (Lipinski definition) is 3. The lowest BCUT2D eigenvalue weighted by atomic mass is 10.3. The van der Waals surface area contributed by atoms with E-state index < -0.39 is 5.95 Å². The van der Waals surface area contributed by atoms with Gasteiger partial charge in [0.25, 0.3) is 0 Å². The monoisotopic (exact) mass is 200 g/mol. The highest BCUT2D eigenvalue weighted by molar-refractivity contribution is 7.98. The van der Waals surface area contributed by atoms with Gasteiger partial charge in [0.15, 0.2) is 0 Å². The van der Waals surface area contributed by atoms with E-state index in [1.54, 1.807) is 11.8 Å². The van der Waals surface area contributed by atoms with E-state index in [0.717, 1.165) is 18.0 Å². The molecule has 1 heterocycles. The summed E-state index contributed by atoms with van der Waals surface area (Å²) >= 11 is 1.78. The average Bonchev–Trinajstić information content (AvgIpc) is 2.14. The third-order valence-electron chi connectivity index (χ3n) is 1.78. The van der Waals surface area contributed by atoms with Crippen LogP contribution in [0.3, 0.4) is 0 Å². The summed E-state index contributed by atoms with van der Waals surface area (Å²) in [6.45, 7) is 0.921. The van der Waals surface area contributed by atoms with Crippen LogP contribution in [0.15, 0.2) is 18.3 Å². The van der Waals surface area contributed by atoms with Crippen LogP contribution in [0.4, 0.5) is 10.1 Å². The van der Waals surface area contributed by atoms with Crippen molar-refractivity contribution in [3.63, 3.8) is 0 Å². The SMILES string of the molecule is CSCCN(C)c1ccnc(F)c1. The molecule has 0 aliphatic carbocycles. The Hall–Kier alpha value is -0.770. The summed E-state index contributed by atoms with van der Waals surface area (Å²) in [6.07, 6.45) is 3.54. The number of nitrogens with zero attached hydrogens (tertiary/aromatic N) is 2. The molecule has 1 aromatic rings. The first kappa shape index (κ1) is 10.3. The van der Waals surface area contributed by atoms with Crippen molar-refractivity contribution in [1.82, 2.24) is 4.98 Å². The fraction of sp³-hybridized carbons (Fsp3) is 0.444. The Morgan fingerprint density at radius 1 is 1.62 bits per heavy atom. The van der Waals surface area contributed by atoms with Gasteiger partial charge < -0.3 is 4.90 Å². The van der Waals surface area contributed by atoms with E-state index in [9.17, 15) is 4.39 Å². The van der Waals surface area contributed by atoms with Crippen LogP contribution in [-0.4, -0.2) is 30.6 Å². The van der Waals surface area contributed by atoms with Gasteiger partial charge in [-0.15, -0.1) is 0 Å². The van der Waals surface area contributed by atoms with Gasteiger partial charge >= 0.3 is 0 Å². The molecule has 72 valence electrons. The van der Waals surface area contributed by atoms with Gasteiger partial charge in [-0.2, -0.15) is 16.2 Å². The largest absolute Gasteiger partial charge is 0.374 e. The van der Waals surface area contributed by atoms with Crippen molar-refractivity contribution in [2.24, 2.45) is 0 Å². The lowest BCUT2D eigenvalue weighted by Crippen LogP contribution is -2.20. The van der Waals surface area contributed by atoms with Gasteiger partial charge in [0.2, 0.25) is 5.95 Å². The Labute approximate surface area is 82.2 Å². The van der Waals surface area contributed by atoms with Gasteiger partial charge in [-0.05, 0) is 12.3 Å². The van der Waals surface area contributed by atoms with Crippen LogP contribution in [-0.2, 0) is 0 Å². The van der Waals surface area contributed by atoms with Gasteiger partial charge in [0, 0.05) is 37.3 Å². The zero-order valence-corrected chi connectivity index (χ0v) is 8.64. The minimum atomic E-state index is -0.423. The molecule has 0 unspecified atom stereocenters. The van der Waals surface area contributed by atoms with Crippen molar-refractivity contribution in [3.8, 4) is 0 Å². The number of hydrogen-bond donors (Lipinski definition) is 0. The van der Waals surface area contributed by atoms with Crippen LogP contribution >= 0.6 is 11.8 Å². The second-order valence-corrected chi connectivity index (χ2v) is 3.74. The summed E-state index contributed by atoms with van der Waals surface area (Å²) < 4.78 is 12.7. The summed E-state index contributed by atoms with van der Waals surface area (Å²) in [6, 6.07) is 3.25. The van der Waals surface area contributed by atoms with E-state index in [2.05, 4.69) is 11.2 Å². The highest BCUT2D eigenvalue weighted by atomic mass is 32.2. The number of halogens is 1. The molecule has 4 heteroatoms. The smallest absolute Gasteiger partial charge is 0.214 e. The minimum Gasteiger partial charge on any atom is -0.374 e. The van der Waals surface area contributed by atoms with Crippen molar-refractivity contribution in [1.29, 1.82) is 0 Å². The predicted octanol–water partition coefficient (Wildman–Crippen LogP) is 2.02. The summed E-state index contributed by atoms with van der Waals surface area (Å²) in [5, 5.41) is 0. The molecule has 13 heavy (non-hydrogen) atoms. The zero-order valence-electron chi connectivity index (χ0n) is 7.83. The molecule has 2 nitrogen and oxygen atoms in total. The van der Waals surface area contributed by atoms with Gasteiger partial charge in [-0.1, -0.05) is 0 Å². The van der Waals surface area contributed by atoms with E-state index in [1.165, 1.54) is 12.3 Å². The van der Waals surface area contributed by atoms with E-state index in [-0.39, 0.29) is 0 Å². The molecule has 0 bridgehead atoms. The number of aromatic nitrogens is 1. The quantitative estimate of drug-likeness (QED) is 0.692. The highest BCUT2D eigenvalue weighted by Crippen LogP contribution is 2.12. The molecule has 0 aromatic carbocycles. The second-order valence-electron chi connectivity index (χ2n) is 2.75. The fourth-order valence-corrected chi connectivity index (χ4v) is 1.44. The van der Waals surface area contributed by atoms with Gasteiger partial charge in [-0.25, -0.2) is 4.98 Å². The number of pyridine rings is 1.